The van der Waals surface area contributed by atoms with E-state index in [1.807, 2.05) is 0 Å². The zero-order valence-electron chi connectivity index (χ0n) is 12.5. The molecule has 3 heterocycles. The first-order valence-electron chi connectivity index (χ1n) is 6.73. The van der Waals surface area contributed by atoms with E-state index in [1.54, 1.807) is 26.3 Å². The van der Waals surface area contributed by atoms with Crippen molar-refractivity contribution >= 4 is 17.3 Å². The molecule has 0 fully saturated rings. The monoisotopic (exact) mass is 318 g/mol. The Morgan fingerprint density at radius 2 is 2.17 bits per heavy atom. The highest BCUT2D eigenvalue weighted by Crippen LogP contribution is 2.21. The lowest BCUT2D eigenvalue weighted by molar-refractivity contribution is -0.391. The summed E-state index contributed by atoms with van der Waals surface area (Å²) in [6.07, 6.45) is 1.18. The van der Waals surface area contributed by atoms with Gasteiger partial charge in [0.25, 0.3) is 5.82 Å². The summed E-state index contributed by atoms with van der Waals surface area (Å²) in [5, 5.41) is 26.4. The minimum Gasteiger partial charge on any atom is -0.383 e. The maximum absolute atomic E-state index is 10.9. The van der Waals surface area contributed by atoms with Crippen LogP contribution in [0.1, 0.15) is 0 Å². The van der Waals surface area contributed by atoms with E-state index >= 15 is 0 Å². The zero-order valence-corrected chi connectivity index (χ0v) is 12.5. The lowest BCUT2D eigenvalue weighted by Gasteiger charge is -2.05. The van der Waals surface area contributed by atoms with Gasteiger partial charge in [-0.1, -0.05) is 0 Å². The molecule has 120 valence electrons. The van der Waals surface area contributed by atoms with Gasteiger partial charge in [-0.05, 0) is 17.1 Å². The van der Waals surface area contributed by atoms with Crippen molar-refractivity contribution in [3.8, 4) is 11.6 Å². The summed E-state index contributed by atoms with van der Waals surface area (Å²) in [5.74, 6) is 1.11. The van der Waals surface area contributed by atoms with Crippen molar-refractivity contribution in [2.24, 2.45) is 7.05 Å². The molecule has 0 radical (unpaired) electrons. The maximum Gasteiger partial charge on any atom is 0.343 e. The van der Waals surface area contributed by atoms with Crippen LogP contribution in [0.5, 0.6) is 0 Å². The van der Waals surface area contributed by atoms with Crippen molar-refractivity contribution in [1.82, 2.24) is 29.4 Å². The maximum atomic E-state index is 10.9. The summed E-state index contributed by atoms with van der Waals surface area (Å²) in [7, 11) is 3.16. The number of nitro groups is 1. The van der Waals surface area contributed by atoms with Crippen LogP contribution in [0.4, 0.5) is 11.6 Å². The lowest BCUT2D eigenvalue weighted by Crippen LogP contribution is -2.10. The summed E-state index contributed by atoms with van der Waals surface area (Å²) in [6, 6.07) is 3.51. The van der Waals surface area contributed by atoms with Gasteiger partial charge in [-0.2, -0.15) is 4.52 Å². The van der Waals surface area contributed by atoms with E-state index in [0.717, 1.165) is 0 Å². The molecule has 11 nitrogen and oxygen atoms in total. The van der Waals surface area contributed by atoms with E-state index in [-0.39, 0.29) is 5.82 Å². The number of imidazole rings is 1. The average molecular weight is 318 g/mol. The predicted octanol–water partition coefficient (Wildman–Crippen LogP) is 0.491. The summed E-state index contributed by atoms with van der Waals surface area (Å²) in [6.45, 7) is 1.14. The fourth-order valence-electron chi connectivity index (χ4n) is 2.08. The Hall–Kier alpha value is -3.08. The Morgan fingerprint density at radius 3 is 2.87 bits per heavy atom. The van der Waals surface area contributed by atoms with E-state index in [2.05, 4.69) is 25.6 Å². The van der Waals surface area contributed by atoms with Crippen molar-refractivity contribution in [2.75, 3.05) is 25.6 Å². The Balaban J connectivity index is 2.01. The van der Waals surface area contributed by atoms with Crippen LogP contribution in [0.3, 0.4) is 0 Å². The second kappa shape index (κ2) is 5.96. The smallest absolute Gasteiger partial charge is 0.343 e. The summed E-state index contributed by atoms with van der Waals surface area (Å²) in [5.41, 5.74) is 0.517. The van der Waals surface area contributed by atoms with Gasteiger partial charge in [0.2, 0.25) is 5.82 Å². The molecule has 0 atom stereocenters. The third-order valence-electron chi connectivity index (χ3n) is 3.23. The molecule has 3 rings (SSSR count). The highest BCUT2D eigenvalue weighted by Gasteiger charge is 2.23. The standard InChI is InChI=1S/C12H14N8O3/c1-18-10(20(21)22)7-14-11(18)12-16-15-9-4-3-8(17-19(9)12)13-5-6-23-2/h3-4,7H,5-6H2,1-2H3,(H,13,17). The van der Waals surface area contributed by atoms with E-state index in [0.29, 0.717) is 36.3 Å². The largest absolute Gasteiger partial charge is 0.383 e. The third kappa shape index (κ3) is 2.68. The van der Waals surface area contributed by atoms with Crippen LogP contribution in [-0.4, -0.2) is 54.5 Å². The first-order chi connectivity index (χ1) is 11.1. The Labute approximate surface area is 130 Å². The van der Waals surface area contributed by atoms with Gasteiger partial charge in [0.15, 0.2) is 5.65 Å². The number of fused-ring (bicyclic) bond motifs is 1. The van der Waals surface area contributed by atoms with Crippen LogP contribution >= 0.6 is 0 Å². The second-order valence-electron chi connectivity index (χ2n) is 4.69. The third-order valence-corrected chi connectivity index (χ3v) is 3.23. The topological polar surface area (TPSA) is 125 Å². The SMILES string of the molecule is COCCNc1ccc2nnc(-c3ncc([N+](=O)[O-])n3C)n2n1. The normalized spacial score (nSPS) is 11.0. The molecule has 0 spiro atoms. The predicted molar refractivity (Wildman–Crippen MR) is 80.0 cm³/mol. The van der Waals surface area contributed by atoms with E-state index in [4.69, 9.17) is 4.74 Å². The van der Waals surface area contributed by atoms with Crippen molar-refractivity contribution in [3.63, 3.8) is 0 Å². The van der Waals surface area contributed by atoms with Crippen LogP contribution < -0.4 is 5.32 Å². The Kier molecular flexibility index (Phi) is 3.85. The van der Waals surface area contributed by atoms with Crippen molar-refractivity contribution in [2.45, 2.75) is 0 Å². The number of rotatable bonds is 6. The molecule has 0 aliphatic heterocycles. The molecular formula is C12H14N8O3. The highest BCUT2D eigenvalue weighted by molar-refractivity contribution is 5.54. The molecule has 0 saturated carbocycles. The summed E-state index contributed by atoms with van der Waals surface area (Å²) >= 11 is 0. The minimum atomic E-state index is -0.509. The molecule has 1 N–H and O–H groups in total. The molecule has 11 heteroatoms. The Morgan fingerprint density at radius 1 is 1.35 bits per heavy atom. The van der Waals surface area contributed by atoms with Gasteiger partial charge >= 0.3 is 5.82 Å². The lowest BCUT2D eigenvalue weighted by atomic mass is 10.5. The van der Waals surface area contributed by atoms with Gasteiger partial charge in [-0.15, -0.1) is 15.3 Å². The molecule has 3 aromatic rings. The van der Waals surface area contributed by atoms with Crippen LogP contribution in [-0.2, 0) is 11.8 Å². The molecule has 0 saturated heterocycles. The quantitative estimate of drug-likeness (QED) is 0.395. The van der Waals surface area contributed by atoms with E-state index < -0.39 is 4.92 Å². The second-order valence-corrected chi connectivity index (χ2v) is 4.69. The fourth-order valence-corrected chi connectivity index (χ4v) is 2.08. The minimum absolute atomic E-state index is 0.133. The Bertz CT molecular complexity index is 855. The first kappa shape index (κ1) is 14.8. The number of hydrogen-bond donors (Lipinski definition) is 1. The van der Waals surface area contributed by atoms with Gasteiger partial charge in [-0.3, -0.25) is 0 Å². The number of ether oxygens (including phenoxy) is 1. The molecule has 3 aromatic heterocycles. The summed E-state index contributed by atoms with van der Waals surface area (Å²) < 4.78 is 7.79. The van der Waals surface area contributed by atoms with Crippen LogP contribution in [0, 0.1) is 10.1 Å². The van der Waals surface area contributed by atoms with Gasteiger partial charge in [0.1, 0.15) is 12.0 Å². The molecular weight excluding hydrogens is 304 g/mol. The molecule has 0 unspecified atom stereocenters. The van der Waals surface area contributed by atoms with E-state index in [9.17, 15) is 10.1 Å². The van der Waals surface area contributed by atoms with Crippen molar-refractivity contribution < 1.29 is 9.66 Å². The summed E-state index contributed by atoms with van der Waals surface area (Å²) in [4.78, 5) is 14.5. The fraction of sp³-hybridized carbons (Fsp3) is 0.333. The zero-order chi connectivity index (χ0) is 16.4. The average Bonchev–Trinajstić information content (AvgIpc) is 3.10. The first-order valence-corrected chi connectivity index (χ1v) is 6.73. The van der Waals surface area contributed by atoms with Crippen molar-refractivity contribution in [3.05, 3.63) is 28.4 Å². The molecule has 0 amide bonds. The van der Waals surface area contributed by atoms with E-state index in [1.165, 1.54) is 15.3 Å². The number of methoxy groups -OCH3 is 1. The molecule has 0 bridgehead atoms. The number of aromatic nitrogens is 6. The van der Waals surface area contributed by atoms with Crippen LogP contribution in [0.15, 0.2) is 18.3 Å². The van der Waals surface area contributed by atoms with Crippen LogP contribution in [0.2, 0.25) is 0 Å². The van der Waals surface area contributed by atoms with Gasteiger partial charge < -0.3 is 20.2 Å². The van der Waals surface area contributed by atoms with Gasteiger partial charge in [-0.25, -0.2) is 9.55 Å². The number of anilines is 1. The number of nitrogens with one attached hydrogen (secondary N) is 1. The molecule has 0 aliphatic rings. The number of nitrogens with zero attached hydrogens (tertiary/aromatic N) is 7. The van der Waals surface area contributed by atoms with Gasteiger partial charge in [0.05, 0.1) is 13.7 Å². The van der Waals surface area contributed by atoms with Gasteiger partial charge in [0, 0.05) is 13.7 Å². The van der Waals surface area contributed by atoms with Crippen LogP contribution in [0.25, 0.3) is 17.3 Å². The van der Waals surface area contributed by atoms with Crippen molar-refractivity contribution in [1.29, 1.82) is 0 Å². The molecule has 0 aliphatic carbocycles. The molecule has 0 aromatic carbocycles. The number of hydrogen-bond acceptors (Lipinski definition) is 8. The highest BCUT2D eigenvalue weighted by atomic mass is 16.6. The molecule has 23 heavy (non-hydrogen) atoms.